The molecule has 0 aliphatic heterocycles. The van der Waals surface area contributed by atoms with Crippen molar-refractivity contribution in [1.82, 2.24) is 0 Å². The molecule has 0 aromatic rings. The minimum atomic E-state index is 0. The van der Waals surface area contributed by atoms with Crippen molar-refractivity contribution in [2.24, 2.45) is 0 Å². The molecule has 0 radical (unpaired) electrons. The van der Waals surface area contributed by atoms with E-state index >= 15 is 0 Å². The van der Waals surface area contributed by atoms with E-state index in [4.69, 9.17) is 1.19 Å². The highest BCUT2D eigenvalue weighted by molar-refractivity contribution is 14.0. The van der Waals surface area contributed by atoms with Crippen molar-refractivity contribution < 1.29 is 0 Å². The third-order valence-electron chi connectivity index (χ3n) is 0. The van der Waals surface area contributed by atoms with Gasteiger partial charge >= 0.3 is 0 Å². The first-order valence-electron chi connectivity index (χ1n) is 0.756. The smallest absolute Gasteiger partial charge is 0.107 e. The zero-order valence-corrected chi connectivity index (χ0v) is 5.07. The Morgan fingerprint density at radius 2 is 0.0482 bits per heavy atom. The van der Waals surface area contributed by atoms with Gasteiger partial charge in [0, 0.05) is 0 Å². The van der Waals surface area contributed by atoms with Gasteiger partial charge in [0.25, 0.3) is 0 Å². The fraction of sp³-hybridized carbons (Fsp3) is 1.00. The van der Waals surface area contributed by atoms with E-state index in [0.717, 1.165) is 0 Å². The van der Waals surface area contributed by atoms with Gasteiger partial charge in [0.05, 0.1) is 0 Å². The lowest BCUT2D eigenvalue weighted by molar-refractivity contribution is 2.50. The van der Waals surface area contributed by atoms with Crippen LogP contribution in [-0.4, -0.2) is 1.19 Å². The average Bonchev–Trinajstić information content (AvgIpc) is 1.50. The van der Waals surface area contributed by atoms with Crippen LogP contribution in [-0.2, 0) is 0 Å². The lowest BCUT2D eigenvalue weighted by Crippen LogP contribution is 0.143. The van der Waals surface area contributed by atoms with Crippen LogP contribution >= 0.6 is 47.6 Å². The third-order valence-corrected chi connectivity index (χ3v) is 0. The van der Waals surface area contributed by atoms with Crippen LogP contribution in [0.5, 0.6) is 0 Å². The first-order chi connectivity index (χ1) is 2.00. The average molecular weight is 1560 g/mol. The molecule has 2 heteroatoms. The Kier molecular flexibility index (Phi) is 158000000. The van der Waals surface area contributed by atoms with Gasteiger partial charge in [-0.05, 0) is 0 Å². The van der Waals surface area contributed by atoms with Gasteiger partial charge in [-0.1, -0.05) is 602 Å². The maximum absolute atomic E-state index is 5.72. The van der Waals surface area contributed by atoms with E-state index in [-0.39, 0.29) is 602 Å². The molecule has 0 rings (SSSR count). The van der Waals surface area contributed by atoms with E-state index < -0.39 is 0 Å². The fourth-order valence-corrected chi connectivity index (χ4v) is 0. The fourth-order valence-electron chi connectivity index (χ4n) is 0. The Morgan fingerprint density at radius 1 is 0.0482 bits per heavy atom. The highest BCUT2D eigenvalue weighted by Crippen LogP contribution is 0.887. The SMILES string of the molecule is C.C.C.C.C.C.C.C.C.C.C.C.C.C.C.C.C.C.C.C.C.C.C.C.C.C.C.C.C.C.C.C.C.C.C.C.C.C.C.C.C.C.C.C.C.C.C.C.C.C.C.C.C.C.C.C.C.C.C.C.C.C.C.C.C.C.C.C.C.C.C.C.C.C.C.C.C.C.C.C.C.[2H]I.[2H]I. The minimum Gasteiger partial charge on any atom is -0.107 e. The molecule has 0 amide bonds. The zero-order chi connectivity index (χ0) is 4.00. The summed E-state index contributed by atoms with van der Waals surface area (Å²) in [5, 5.41) is 0. The van der Waals surface area contributed by atoms with Crippen molar-refractivity contribution in [2.75, 3.05) is 0 Å². The molecule has 0 atom stereocenters. The topological polar surface area (TPSA) is 0 Å². The molecule has 0 heterocycles. The highest BCUT2D eigenvalue weighted by atomic mass is 127. The van der Waals surface area contributed by atoms with E-state index in [1.165, 1.54) is 47.6 Å². The largest absolute Gasteiger partial charge is 0.107 e. The van der Waals surface area contributed by atoms with Gasteiger partial charge in [-0.3, -0.25) is 0 Å². The van der Waals surface area contributed by atoms with Crippen LogP contribution < -0.4 is 0 Å². The lowest BCUT2D eigenvalue weighted by Gasteiger charge is -0.108. The minimum absolute atomic E-state index is 0. The predicted molar refractivity (Wildman–Crippen MR) is 576 cm³/mol. The van der Waals surface area contributed by atoms with Crippen LogP contribution in [0.4, 0.5) is 0 Å². The molecule has 0 fully saturated rings. The van der Waals surface area contributed by atoms with Crippen LogP contribution in [0.15, 0.2) is 0 Å². The highest BCUT2D eigenvalue weighted by Gasteiger charge is 0.00391. The van der Waals surface area contributed by atoms with Crippen molar-refractivity contribution in [3.05, 3.63) is 0 Å². The molecule has 664 valence electrons. The Bertz CT molecular complexity index is 27.3. The van der Waals surface area contributed by atoms with Gasteiger partial charge in [-0.15, -0.1) is 47.6 Å². The number of rotatable bonds is 0. The summed E-state index contributed by atoms with van der Waals surface area (Å²) in [5.41, 5.74) is 0. The second kappa shape index (κ2) is 266000. The van der Waals surface area contributed by atoms with Gasteiger partial charge in [0.1, 0.15) is 1.19 Å². The molecule has 0 bridgehead atoms. The van der Waals surface area contributed by atoms with Gasteiger partial charge in [0.15, 0.2) is 0 Å². The second-order valence-corrected chi connectivity index (χ2v) is 0. The van der Waals surface area contributed by atoms with Crippen molar-refractivity contribution in [3.63, 3.8) is 0 Å². The summed E-state index contributed by atoms with van der Waals surface area (Å²) in [6, 6.07) is 0. The number of hydrogen-bond donors (Lipinski definition) is 0. The molecular formula is C81H326I2. The third kappa shape index (κ3) is 260000. The summed E-state index contributed by atoms with van der Waals surface area (Å²) in [7, 11) is 0. The summed E-state index contributed by atoms with van der Waals surface area (Å²) in [5.74, 6) is 0. The molecule has 0 N–H and O–H groups in total. The van der Waals surface area contributed by atoms with Crippen molar-refractivity contribution >= 4 is 47.6 Å². The Hall–Kier alpha value is 1.46. The van der Waals surface area contributed by atoms with Crippen LogP contribution in [0, 0.1) is 0 Å². The van der Waals surface area contributed by atoms with E-state index in [1.807, 2.05) is 0 Å². The molecule has 0 aliphatic carbocycles. The maximum atomic E-state index is 5.72. The normalized spacial score (nSPS) is 0.169. The van der Waals surface area contributed by atoms with Crippen LogP contribution in [0.2, 0.25) is 0 Å². The van der Waals surface area contributed by atoms with E-state index in [9.17, 15) is 0 Å². The van der Waals surface area contributed by atoms with Crippen molar-refractivity contribution in [2.45, 2.75) is 602 Å². The summed E-state index contributed by atoms with van der Waals surface area (Å²) in [6.45, 7) is 0. The summed E-state index contributed by atoms with van der Waals surface area (Å²) in [4.78, 5) is 0. The monoisotopic (exact) mass is 1560 g/mol. The molecule has 83 heavy (non-hydrogen) atoms. The summed E-state index contributed by atoms with van der Waals surface area (Å²) >= 11 is 2.80. The van der Waals surface area contributed by atoms with Crippen molar-refractivity contribution in [3.8, 4) is 0 Å². The molecule has 0 unspecified atom stereocenters. The quantitative estimate of drug-likeness (QED) is 0.212. The Labute approximate surface area is 646 Å². The first-order valence-corrected chi connectivity index (χ1v) is 0. The molecule has 0 nitrogen and oxygen atoms in total. The summed E-state index contributed by atoms with van der Waals surface area (Å²) in [6.07, 6.45) is 0. The van der Waals surface area contributed by atoms with Gasteiger partial charge < -0.3 is 0 Å². The molecule has 0 aromatic heterocycles. The summed E-state index contributed by atoms with van der Waals surface area (Å²) < 4.78 is 11.4. The maximum Gasteiger partial charge on any atom is 0.107 e. The second-order valence-electron chi connectivity index (χ2n) is 0. The predicted octanol–water partition coefficient (Wildman–Crippen LogP) is 52.8. The van der Waals surface area contributed by atoms with Gasteiger partial charge in [-0.25, -0.2) is 0 Å². The zero-order valence-electron chi connectivity index (χ0n) is 2.76. The standard InChI is InChI=1S/81CH4.2HI/h81*1H4;2*1H/i/hD2. The molecule has 0 saturated carbocycles. The number of halogens is 2. The van der Waals surface area contributed by atoms with Gasteiger partial charge in [0.2, 0.25) is 0 Å². The van der Waals surface area contributed by atoms with E-state index in [0.29, 0.717) is 0 Å². The van der Waals surface area contributed by atoms with E-state index in [1.54, 1.807) is 0 Å². The van der Waals surface area contributed by atoms with E-state index in [2.05, 4.69) is 0 Å². The number of hydrogen-bond acceptors (Lipinski definition) is 0. The Balaban J connectivity index is -0.00000000000595. The van der Waals surface area contributed by atoms with Crippen LogP contribution in [0.25, 0.3) is 0 Å². The molecular weight excluding hydrogens is 1230 g/mol. The molecule has 0 spiro atoms. The lowest BCUT2D eigenvalue weighted by atomic mass is 12.0. The van der Waals surface area contributed by atoms with Crippen LogP contribution in [0.3, 0.4) is 0 Å². The van der Waals surface area contributed by atoms with Crippen LogP contribution in [0.1, 0.15) is 602 Å². The first kappa shape index (κ1) is 49100. The molecule has 0 saturated heterocycles. The van der Waals surface area contributed by atoms with Crippen molar-refractivity contribution in [1.29, 1.82) is 1.19 Å². The van der Waals surface area contributed by atoms with Gasteiger partial charge in [-0.2, -0.15) is 0 Å². The molecule has 0 aromatic carbocycles. The Morgan fingerprint density at radius 3 is 0.0482 bits per heavy atom. The molecule has 0 aliphatic rings.